The molecule has 9 nitrogen and oxygen atoms in total. The van der Waals surface area contributed by atoms with E-state index in [9.17, 15) is 22.8 Å². The number of nitrogens with zero attached hydrogens (tertiary/aromatic N) is 3. The van der Waals surface area contributed by atoms with Crippen LogP contribution in [0.5, 0.6) is 5.75 Å². The van der Waals surface area contributed by atoms with Crippen molar-refractivity contribution in [1.82, 2.24) is 20.0 Å². The van der Waals surface area contributed by atoms with E-state index < -0.39 is 12.1 Å². The Labute approximate surface area is 202 Å². The van der Waals surface area contributed by atoms with Gasteiger partial charge in [-0.05, 0) is 50.2 Å². The topological polar surface area (TPSA) is 102 Å². The molecule has 12 heteroatoms. The minimum Gasteiger partial charge on any atom is -0.497 e. The number of carbonyl (C=O) groups excluding carboxylic acids is 2. The number of carboxylic acid groups (broad SMARTS) is 1. The number of hydrogen-bond donors (Lipinski definition) is 2. The summed E-state index contributed by atoms with van der Waals surface area (Å²) in [6, 6.07) is 7.19. The maximum absolute atomic E-state index is 13.1. The van der Waals surface area contributed by atoms with Crippen molar-refractivity contribution in [3.8, 4) is 5.75 Å². The Bertz CT molecular complexity index is 823. The lowest BCUT2D eigenvalue weighted by atomic mass is 10.1. The molecule has 1 aromatic rings. The number of carboxylic acids is 1. The average Bonchev–Trinajstić information content (AvgIpc) is 3.37. The van der Waals surface area contributed by atoms with Crippen LogP contribution in [-0.4, -0.2) is 110 Å². The fourth-order valence-corrected chi connectivity index (χ4v) is 3.80. The summed E-state index contributed by atoms with van der Waals surface area (Å²) < 4.78 is 36.9. The third-order valence-electron chi connectivity index (χ3n) is 5.82. The average molecular weight is 503 g/mol. The van der Waals surface area contributed by atoms with Crippen molar-refractivity contribution in [2.45, 2.75) is 25.4 Å². The van der Waals surface area contributed by atoms with Crippen LogP contribution in [-0.2, 0) is 9.59 Å². The predicted octanol–water partition coefficient (Wildman–Crippen LogP) is 1.69. The number of nitrogens with one attached hydrogen (secondary N) is 1. The summed E-state index contributed by atoms with van der Waals surface area (Å²) >= 11 is 0. The summed E-state index contributed by atoms with van der Waals surface area (Å²) in [4.78, 5) is 40.6. The second kappa shape index (κ2) is 13.9. The van der Waals surface area contributed by atoms with Crippen molar-refractivity contribution in [1.29, 1.82) is 0 Å². The molecule has 0 spiro atoms. The zero-order valence-electron chi connectivity index (χ0n) is 19.9. The SMILES string of the molecule is COc1ccc(C(=O)N(CCC(=O)N2CCNCC2)CCN2CCCC2)cc1.O=C(O)C(F)(F)F. The minimum absolute atomic E-state index is 0.0186. The Balaban J connectivity index is 0.000000540. The van der Waals surface area contributed by atoms with E-state index in [2.05, 4.69) is 10.2 Å². The third-order valence-corrected chi connectivity index (χ3v) is 5.82. The molecule has 0 aliphatic carbocycles. The highest BCUT2D eigenvalue weighted by Crippen LogP contribution is 2.15. The number of benzene rings is 1. The second-order valence-electron chi connectivity index (χ2n) is 8.25. The van der Waals surface area contributed by atoms with Gasteiger partial charge >= 0.3 is 12.1 Å². The third kappa shape index (κ3) is 9.73. The fourth-order valence-electron chi connectivity index (χ4n) is 3.80. The monoisotopic (exact) mass is 502 g/mol. The van der Waals surface area contributed by atoms with Gasteiger partial charge in [0.2, 0.25) is 5.91 Å². The highest BCUT2D eigenvalue weighted by molar-refractivity contribution is 5.94. The molecule has 2 saturated heterocycles. The van der Waals surface area contributed by atoms with E-state index >= 15 is 0 Å². The number of ether oxygens (including phenoxy) is 1. The molecule has 2 N–H and O–H groups in total. The summed E-state index contributed by atoms with van der Waals surface area (Å²) in [5.74, 6) is -1.91. The van der Waals surface area contributed by atoms with Gasteiger partial charge in [-0.3, -0.25) is 9.59 Å². The number of methoxy groups -OCH3 is 1. The van der Waals surface area contributed by atoms with Gasteiger partial charge < -0.3 is 29.9 Å². The lowest BCUT2D eigenvalue weighted by molar-refractivity contribution is -0.192. The van der Waals surface area contributed by atoms with Gasteiger partial charge in [-0.2, -0.15) is 13.2 Å². The van der Waals surface area contributed by atoms with Crippen LogP contribution in [0.25, 0.3) is 0 Å². The zero-order valence-corrected chi connectivity index (χ0v) is 19.9. The van der Waals surface area contributed by atoms with Crippen LogP contribution < -0.4 is 10.1 Å². The van der Waals surface area contributed by atoms with Gasteiger partial charge in [0.25, 0.3) is 5.91 Å². The number of rotatable bonds is 8. The quantitative estimate of drug-likeness (QED) is 0.558. The molecule has 0 atom stereocenters. The van der Waals surface area contributed by atoms with E-state index in [0.29, 0.717) is 25.1 Å². The standard InChI is InChI=1S/C21H32N4O3.C2HF3O2/c1-28-19-6-4-18(5-7-19)21(27)25(17-16-23-11-2-3-12-23)13-8-20(26)24-14-9-22-10-15-24;3-2(4,5)1(6)7/h4-7,22H,2-3,8-17H2,1H3;(H,6,7). The molecular weight excluding hydrogens is 469 g/mol. The molecule has 0 radical (unpaired) electrons. The van der Waals surface area contributed by atoms with Crippen LogP contribution in [0.1, 0.15) is 29.6 Å². The summed E-state index contributed by atoms with van der Waals surface area (Å²) in [5, 5.41) is 10.4. The maximum atomic E-state index is 13.1. The number of halogens is 3. The van der Waals surface area contributed by atoms with E-state index in [0.717, 1.165) is 51.6 Å². The van der Waals surface area contributed by atoms with Crippen LogP contribution in [0.2, 0.25) is 0 Å². The van der Waals surface area contributed by atoms with Gasteiger partial charge in [-0.15, -0.1) is 0 Å². The number of alkyl halides is 3. The molecule has 2 aliphatic rings. The Morgan fingerprint density at radius 1 is 1.03 bits per heavy atom. The van der Waals surface area contributed by atoms with Gasteiger partial charge in [0.05, 0.1) is 7.11 Å². The van der Waals surface area contributed by atoms with Crippen molar-refractivity contribution in [2.24, 2.45) is 0 Å². The van der Waals surface area contributed by atoms with Crippen molar-refractivity contribution in [3.63, 3.8) is 0 Å². The lowest BCUT2D eigenvalue weighted by Gasteiger charge is -2.29. The normalized spacial score (nSPS) is 16.3. The first kappa shape index (κ1) is 28.4. The summed E-state index contributed by atoms with van der Waals surface area (Å²) in [6.45, 7) is 7.36. The van der Waals surface area contributed by atoms with Crippen molar-refractivity contribution >= 4 is 17.8 Å². The molecule has 2 amide bonds. The van der Waals surface area contributed by atoms with Crippen LogP contribution >= 0.6 is 0 Å². The van der Waals surface area contributed by atoms with Gasteiger partial charge in [0.1, 0.15) is 5.75 Å². The molecule has 2 heterocycles. The van der Waals surface area contributed by atoms with Crippen LogP contribution in [0.3, 0.4) is 0 Å². The molecule has 3 rings (SSSR count). The van der Waals surface area contributed by atoms with Crippen molar-refractivity contribution in [2.75, 3.05) is 66.0 Å². The molecule has 2 aliphatic heterocycles. The molecule has 0 aromatic heterocycles. The van der Waals surface area contributed by atoms with Gasteiger partial charge in [0, 0.05) is 57.8 Å². The van der Waals surface area contributed by atoms with E-state index in [1.165, 1.54) is 12.8 Å². The minimum atomic E-state index is -5.08. The van der Waals surface area contributed by atoms with E-state index in [1.54, 1.807) is 31.4 Å². The Morgan fingerprint density at radius 2 is 1.60 bits per heavy atom. The highest BCUT2D eigenvalue weighted by Gasteiger charge is 2.38. The van der Waals surface area contributed by atoms with E-state index in [1.807, 2.05) is 9.80 Å². The molecule has 196 valence electrons. The molecule has 0 bridgehead atoms. The van der Waals surface area contributed by atoms with Gasteiger partial charge in [0.15, 0.2) is 0 Å². The van der Waals surface area contributed by atoms with E-state index in [-0.39, 0.29) is 11.8 Å². The molecule has 0 saturated carbocycles. The first-order valence-corrected chi connectivity index (χ1v) is 11.6. The number of amides is 2. The fraction of sp³-hybridized carbons (Fsp3) is 0.609. The Hall–Kier alpha value is -2.86. The Kier molecular flexibility index (Phi) is 11.3. The molecular formula is C23H33F3N4O5. The predicted molar refractivity (Wildman–Crippen MR) is 122 cm³/mol. The maximum Gasteiger partial charge on any atom is 0.490 e. The molecule has 2 fully saturated rings. The molecule has 35 heavy (non-hydrogen) atoms. The summed E-state index contributed by atoms with van der Waals surface area (Å²) in [5.41, 5.74) is 0.636. The summed E-state index contributed by atoms with van der Waals surface area (Å²) in [6.07, 6.45) is -2.25. The molecule has 0 unspecified atom stereocenters. The number of carbonyl (C=O) groups is 3. The van der Waals surface area contributed by atoms with Crippen LogP contribution in [0.15, 0.2) is 24.3 Å². The highest BCUT2D eigenvalue weighted by atomic mass is 19.4. The number of piperazine rings is 1. The zero-order chi connectivity index (χ0) is 25.8. The Morgan fingerprint density at radius 3 is 2.11 bits per heavy atom. The van der Waals surface area contributed by atoms with Crippen molar-refractivity contribution < 1.29 is 37.4 Å². The number of hydrogen-bond acceptors (Lipinski definition) is 6. The van der Waals surface area contributed by atoms with Gasteiger partial charge in [-0.25, -0.2) is 4.79 Å². The lowest BCUT2D eigenvalue weighted by Crippen LogP contribution is -2.47. The molecule has 1 aromatic carbocycles. The first-order valence-electron chi connectivity index (χ1n) is 11.6. The van der Waals surface area contributed by atoms with Crippen LogP contribution in [0, 0.1) is 0 Å². The number of likely N-dealkylation sites (tertiary alicyclic amines) is 1. The first-order chi connectivity index (χ1) is 16.6. The van der Waals surface area contributed by atoms with Crippen molar-refractivity contribution in [3.05, 3.63) is 29.8 Å². The van der Waals surface area contributed by atoms with Gasteiger partial charge in [-0.1, -0.05) is 0 Å². The smallest absolute Gasteiger partial charge is 0.490 e. The number of aliphatic carboxylic acids is 1. The van der Waals surface area contributed by atoms with Crippen LogP contribution in [0.4, 0.5) is 13.2 Å². The largest absolute Gasteiger partial charge is 0.497 e. The van der Waals surface area contributed by atoms with E-state index in [4.69, 9.17) is 14.6 Å². The second-order valence-corrected chi connectivity index (χ2v) is 8.25. The summed E-state index contributed by atoms with van der Waals surface area (Å²) in [7, 11) is 1.61.